The first-order chi connectivity index (χ1) is 7.20. The van der Waals surface area contributed by atoms with Gasteiger partial charge in [0, 0.05) is 18.7 Å². The van der Waals surface area contributed by atoms with Gasteiger partial charge in [-0.3, -0.25) is 0 Å². The molecule has 0 aromatic carbocycles. The number of hydrogen-bond acceptors (Lipinski definition) is 1. The summed E-state index contributed by atoms with van der Waals surface area (Å²) in [6.45, 7) is 9.88. The molecule has 2 nitrogen and oxygen atoms in total. The SMILES string of the molecule is CCCCCCn1c(CC)nc(C)c1C. The van der Waals surface area contributed by atoms with Gasteiger partial charge < -0.3 is 4.57 Å². The van der Waals surface area contributed by atoms with Crippen LogP contribution in [0.15, 0.2) is 0 Å². The molecule has 1 rings (SSSR count). The van der Waals surface area contributed by atoms with Crippen LogP contribution in [0.1, 0.15) is 56.7 Å². The second-order valence-electron chi connectivity index (χ2n) is 4.26. The summed E-state index contributed by atoms with van der Waals surface area (Å²) in [6, 6.07) is 0. The molecule has 0 radical (unpaired) electrons. The van der Waals surface area contributed by atoms with Crippen molar-refractivity contribution in [2.45, 2.75) is 66.3 Å². The highest BCUT2D eigenvalue weighted by Crippen LogP contribution is 2.12. The van der Waals surface area contributed by atoms with Crippen LogP contribution in [0.2, 0.25) is 0 Å². The van der Waals surface area contributed by atoms with Crippen molar-refractivity contribution in [1.82, 2.24) is 9.55 Å². The second kappa shape index (κ2) is 5.94. The molecule has 15 heavy (non-hydrogen) atoms. The number of hydrogen-bond donors (Lipinski definition) is 0. The molecule has 0 N–H and O–H groups in total. The van der Waals surface area contributed by atoms with Crippen LogP contribution in [0, 0.1) is 13.8 Å². The van der Waals surface area contributed by atoms with Crippen LogP contribution < -0.4 is 0 Å². The van der Waals surface area contributed by atoms with Crippen molar-refractivity contribution >= 4 is 0 Å². The van der Waals surface area contributed by atoms with E-state index in [0.29, 0.717) is 0 Å². The Balaban J connectivity index is 2.58. The molecule has 0 aliphatic carbocycles. The van der Waals surface area contributed by atoms with E-state index >= 15 is 0 Å². The van der Waals surface area contributed by atoms with Crippen LogP contribution in [-0.2, 0) is 13.0 Å². The van der Waals surface area contributed by atoms with Gasteiger partial charge in [0.05, 0.1) is 5.69 Å². The number of aryl methyl sites for hydroxylation is 2. The van der Waals surface area contributed by atoms with Gasteiger partial charge in [-0.2, -0.15) is 0 Å². The molecule has 0 fully saturated rings. The van der Waals surface area contributed by atoms with Gasteiger partial charge in [-0.25, -0.2) is 4.98 Å². The molecule has 0 amide bonds. The Morgan fingerprint density at radius 1 is 1.07 bits per heavy atom. The average molecular weight is 208 g/mol. The van der Waals surface area contributed by atoms with Crippen molar-refractivity contribution in [2.24, 2.45) is 0 Å². The van der Waals surface area contributed by atoms with Crippen molar-refractivity contribution < 1.29 is 0 Å². The Hall–Kier alpha value is -0.790. The molecule has 1 heterocycles. The maximum absolute atomic E-state index is 4.59. The molecular formula is C13H24N2. The maximum atomic E-state index is 4.59. The van der Waals surface area contributed by atoms with Gasteiger partial charge in [-0.15, -0.1) is 0 Å². The zero-order valence-corrected chi connectivity index (χ0v) is 10.6. The summed E-state index contributed by atoms with van der Waals surface area (Å²) < 4.78 is 2.39. The molecule has 0 saturated carbocycles. The third-order valence-electron chi connectivity index (χ3n) is 3.09. The predicted molar refractivity (Wildman–Crippen MR) is 65.2 cm³/mol. The minimum absolute atomic E-state index is 1.04. The van der Waals surface area contributed by atoms with Crippen molar-refractivity contribution in [3.8, 4) is 0 Å². The first kappa shape index (κ1) is 12.3. The normalized spacial score (nSPS) is 10.9. The summed E-state index contributed by atoms with van der Waals surface area (Å²) in [5, 5.41) is 0. The Morgan fingerprint density at radius 3 is 2.40 bits per heavy atom. The lowest BCUT2D eigenvalue weighted by Gasteiger charge is -2.08. The van der Waals surface area contributed by atoms with Gasteiger partial charge in [-0.1, -0.05) is 33.1 Å². The van der Waals surface area contributed by atoms with Crippen molar-refractivity contribution in [3.05, 3.63) is 17.2 Å². The minimum Gasteiger partial charge on any atom is -0.332 e. The quantitative estimate of drug-likeness (QED) is 0.653. The molecule has 0 saturated heterocycles. The average Bonchev–Trinajstić information content (AvgIpc) is 2.51. The summed E-state index contributed by atoms with van der Waals surface area (Å²) in [6.07, 6.45) is 6.34. The van der Waals surface area contributed by atoms with Crippen LogP contribution in [0.5, 0.6) is 0 Å². The zero-order valence-electron chi connectivity index (χ0n) is 10.6. The Morgan fingerprint density at radius 2 is 1.80 bits per heavy atom. The van der Waals surface area contributed by atoms with Crippen molar-refractivity contribution in [2.75, 3.05) is 0 Å². The first-order valence-electron chi connectivity index (χ1n) is 6.23. The Labute approximate surface area is 93.7 Å². The van der Waals surface area contributed by atoms with Gasteiger partial charge in [0.25, 0.3) is 0 Å². The molecule has 0 unspecified atom stereocenters. The summed E-state index contributed by atoms with van der Waals surface area (Å²) in [7, 11) is 0. The standard InChI is InChI=1S/C13H24N2/c1-5-7-8-9-10-15-12(4)11(3)14-13(15)6-2/h5-10H2,1-4H3. The maximum Gasteiger partial charge on any atom is 0.108 e. The number of imidazole rings is 1. The molecule has 0 bridgehead atoms. The molecule has 86 valence electrons. The molecule has 0 aliphatic heterocycles. The highest BCUT2D eigenvalue weighted by molar-refractivity contribution is 5.14. The van der Waals surface area contributed by atoms with E-state index in [9.17, 15) is 0 Å². The van der Waals surface area contributed by atoms with Gasteiger partial charge in [0.15, 0.2) is 0 Å². The smallest absolute Gasteiger partial charge is 0.108 e. The van der Waals surface area contributed by atoms with E-state index in [2.05, 4.69) is 37.2 Å². The summed E-state index contributed by atoms with van der Waals surface area (Å²) in [5.74, 6) is 1.25. The zero-order chi connectivity index (χ0) is 11.3. The fourth-order valence-electron chi connectivity index (χ4n) is 1.99. The van der Waals surface area contributed by atoms with E-state index in [-0.39, 0.29) is 0 Å². The largest absolute Gasteiger partial charge is 0.332 e. The van der Waals surface area contributed by atoms with Gasteiger partial charge >= 0.3 is 0 Å². The van der Waals surface area contributed by atoms with E-state index < -0.39 is 0 Å². The third kappa shape index (κ3) is 3.08. The lowest BCUT2D eigenvalue weighted by Crippen LogP contribution is -2.05. The lowest BCUT2D eigenvalue weighted by molar-refractivity contribution is 0.558. The van der Waals surface area contributed by atoms with Crippen LogP contribution in [0.25, 0.3) is 0 Å². The second-order valence-corrected chi connectivity index (χ2v) is 4.26. The minimum atomic E-state index is 1.04. The fraction of sp³-hybridized carbons (Fsp3) is 0.769. The van der Waals surface area contributed by atoms with Gasteiger partial charge in [0.1, 0.15) is 5.82 Å². The predicted octanol–water partition coefficient (Wildman–Crippen LogP) is 3.64. The molecule has 1 aromatic rings. The Bertz CT molecular complexity index is 300. The molecule has 0 spiro atoms. The third-order valence-corrected chi connectivity index (χ3v) is 3.09. The molecule has 2 heteroatoms. The van der Waals surface area contributed by atoms with Crippen LogP contribution in [0.4, 0.5) is 0 Å². The van der Waals surface area contributed by atoms with E-state index in [0.717, 1.165) is 13.0 Å². The monoisotopic (exact) mass is 208 g/mol. The van der Waals surface area contributed by atoms with E-state index in [4.69, 9.17) is 0 Å². The number of rotatable bonds is 6. The summed E-state index contributed by atoms with van der Waals surface area (Å²) in [4.78, 5) is 4.59. The van der Waals surface area contributed by atoms with E-state index in [1.54, 1.807) is 0 Å². The molecule has 0 aliphatic rings. The molecular weight excluding hydrogens is 184 g/mol. The number of aromatic nitrogens is 2. The fourth-order valence-corrected chi connectivity index (χ4v) is 1.99. The summed E-state index contributed by atoms with van der Waals surface area (Å²) >= 11 is 0. The van der Waals surface area contributed by atoms with Crippen LogP contribution in [0.3, 0.4) is 0 Å². The van der Waals surface area contributed by atoms with Crippen molar-refractivity contribution in [3.63, 3.8) is 0 Å². The first-order valence-corrected chi connectivity index (χ1v) is 6.23. The van der Waals surface area contributed by atoms with Crippen LogP contribution in [-0.4, -0.2) is 9.55 Å². The molecule has 0 atom stereocenters. The Kier molecular flexibility index (Phi) is 4.86. The highest BCUT2D eigenvalue weighted by atomic mass is 15.1. The summed E-state index contributed by atoms with van der Waals surface area (Å²) in [5.41, 5.74) is 2.55. The highest BCUT2D eigenvalue weighted by Gasteiger charge is 2.08. The van der Waals surface area contributed by atoms with Crippen molar-refractivity contribution in [1.29, 1.82) is 0 Å². The van der Waals surface area contributed by atoms with Gasteiger partial charge in [0.2, 0.25) is 0 Å². The van der Waals surface area contributed by atoms with Crippen LogP contribution >= 0.6 is 0 Å². The molecule has 1 aromatic heterocycles. The number of unbranched alkanes of at least 4 members (excludes halogenated alkanes) is 3. The van der Waals surface area contributed by atoms with E-state index in [1.165, 1.54) is 42.9 Å². The van der Waals surface area contributed by atoms with Gasteiger partial charge in [-0.05, 0) is 20.3 Å². The van der Waals surface area contributed by atoms with E-state index in [1.807, 2.05) is 0 Å². The lowest BCUT2D eigenvalue weighted by atomic mass is 10.2. The topological polar surface area (TPSA) is 17.8 Å². The number of nitrogens with zero attached hydrogens (tertiary/aromatic N) is 2.